The molecule has 0 spiro atoms. The van der Waals surface area contributed by atoms with E-state index in [9.17, 15) is 0 Å². The van der Waals surface area contributed by atoms with Gasteiger partial charge >= 0.3 is 0 Å². The minimum Gasteiger partial charge on any atom is -0.390 e. The topological polar surface area (TPSA) is 67.9 Å². The fourth-order valence-corrected chi connectivity index (χ4v) is 1.26. The third kappa shape index (κ3) is 2.41. The molecule has 0 amide bonds. The van der Waals surface area contributed by atoms with Crippen LogP contribution in [0.15, 0.2) is 18.2 Å². The van der Waals surface area contributed by atoms with E-state index in [-0.39, 0.29) is 12.3 Å². The second-order valence-corrected chi connectivity index (χ2v) is 3.20. The smallest absolute Gasteiger partial charge is 0.0994 e. The maximum absolute atomic E-state index is 8.71. The monoisotopic (exact) mass is 188 g/mol. The summed E-state index contributed by atoms with van der Waals surface area (Å²) in [6, 6.07) is 7.53. The van der Waals surface area contributed by atoms with Gasteiger partial charge in [-0.3, -0.25) is 0 Å². The molecule has 0 fully saturated rings. The molecule has 0 saturated carbocycles. The molecule has 0 bridgehead atoms. The van der Waals surface area contributed by atoms with E-state index in [2.05, 4.69) is 6.07 Å². The summed E-state index contributed by atoms with van der Waals surface area (Å²) in [5, 5.41) is 24.7. The molecule has 0 saturated heterocycles. The first-order valence-corrected chi connectivity index (χ1v) is 4.34. The first kappa shape index (κ1) is 10.4. The van der Waals surface area contributed by atoms with E-state index in [4.69, 9.17) is 15.8 Å². The number of nitriles is 1. The van der Waals surface area contributed by atoms with Gasteiger partial charge in [0.15, 0.2) is 0 Å². The van der Waals surface area contributed by atoms with Gasteiger partial charge in [-0.05, 0) is 24.1 Å². The average molecular weight is 188 g/mol. The molecule has 2 N–H and O–H groups in total. The summed E-state index contributed by atoms with van der Waals surface area (Å²) >= 11 is 0. The molecule has 0 unspecified atom stereocenters. The summed E-state index contributed by atoms with van der Waals surface area (Å²) in [6.45, 7) is 1.66. The van der Waals surface area contributed by atoms with Gasteiger partial charge in [-0.15, -0.1) is 0 Å². The molecule has 72 valence electrons. The van der Waals surface area contributed by atoms with Crippen LogP contribution in [-0.2, 0) is 6.42 Å². The molecule has 3 heteroatoms. The maximum atomic E-state index is 8.71. The van der Waals surface area contributed by atoms with Crippen molar-refractivity contribution in [1.29, 1.82) is 10.7 Å². The van der Waals surface area contributed by atoms with Crippen LogP contribution in [0.5, 0.6) is 0 Å². The van der Waals surface area contributed by atoms with E-state index in [1.165, 1.54) is 0 Å². The first-order chi connectivity index (χ1) is 6.67. The molecule has 0 atom stereocenters. The zero-order valence-corrected chi connectivity index (χ0v) is 8.04. The van der Waals surface area contributed by atoms with Crippen LogP contribution in [0, 0.1) is 23.7 Å². The Morgan fingerprint density at radius 1 is 1.57 bits per heavy atom. The van der Waals surface area contributed by atoms with Crippen molar-refractivity contribution in [2.45, 2.75) is 13.3 Å². The predicted octanol–water partition coefficient (Wildman–Crippen LogP) is 1.42. The standard InChI is InChI=1S/C11H12N2O/c1-8-4-9(5-11(13)7-14)2-3-10(8)6-12/h2-4,13-14H,5,7H2,1H3. The highest BCUT2D eigenvalue weighted by atomic mass is 16.3. The molecule has 0 aromatic heterocycles. The molecule has 0 aliphatic carbocycles. The molecule has 1 rings (SSSR count). The van der Waals surface area contributed by atoms with Crippen LogP contribution in [0.1, 0.15) is 16.7 Å². The number of aliphatic hydroxyl groups is 1. The fourth-order valence-electron chi connectivity index (χ4n) is 1.26. The molecule has 0 radical (unpaired) electrons. The number of benzene rings is 1. The van der Waals surface area contributed by atoms with Crippen molar-refractivity contribution in [3.63, 3.8) is 0 Å². The summed E-state index contributed by atoms with van der Waals surface area (Å²) < 4.78 is 0. The summed E-state index contributed by atoms with van der Waals surface area (Å²) in [7, 11) is 0. The molecular formula is C11H12N2O. The number of rotatable bonds is 3. The van der Waals surface area contributed by atoms with E-state index in [1.54, 1.807) is 6.07 Å². The van der Waals surface area contributed by atoms with Crippen molar-refractivity contribution >= 4 is 5.71 Å². The van der Waals surface area contributed by atoms with E-state index >= 15 is 0 Å². The molecule has 1 aromatic carbocycles. The Morgan fingerprint density at radius 2 is 2.29 bits per heavy atom. The molecule has 1 aromatic rings. The van der Waals surface area contributed by atoms with Crippen molar-refractivity contribution in [2.24, 2.45) is 0 Å². The molecule has 0 heterocycles. The first-order valence-electron chi connectivity index (χ1n) is 4.34. The second kappa shape index (κ2) is 4.54. The lowest BCUT2D eigenvalue weighted by Gasteiger charge is -2.03. The predicted molar refractivity (Wildman–Crippen MR) is 54.4 cm³/mol. The number of nitrogens with one attached hydrogen (secondary N) is 1. The number of hydrogen-bond acceptors (Lipinski definition) is 3. The molecule has 0 aliphatic rings. The van der Waals surface area contributed by atoms with Gasteiger partial charge in [-0.1, -0.05) is 12.1 Å². The van der Waals surface area contributed by atoms with Crippen molar-refractivity contribution in [2.75, 3.05) is 6.61 Å². The minimum absolute atomic E-state index is 0.209. The van der Waals surface area contributed by atoms with Crippen molar-refractivity contribution in [1.82, 2.24) is 0 Å². The Kier molecular flexibility index (Phi) is 3.38. The van der Waals surface area contributed by atoms with Gasteiger partial charge < -0.3 is 10.5 Å². The van der Waals surface area contributed by atoms with Gasteiger partial charge in [0, 0.05) is 12.1 Å². The van der Waals surface area contributed by atoms with E-state index in [0.29, 0.717) is 12.0 Å². The Hall–Kier alpha value is -1.66. The van der Waals surface area contributed by atoms with E-state index in [1.807, 2.05) is 19.1 Å². The van der Waals surface area contributed by atoms with Gasteiger partial charge in [0.2, 0.25) is 0 Å². The highest BCUT2D eigenvalue weighted by molar-refractivity contribution is 5.84. The number of hydrogen-bond donors (Lipinski definition) is 2. The maximum Gasteiger partial charge on any atom is 0.0994 e. The van der Waals surface area contributed by atoms with Gasteiger partial charge in [0.25, 0.3) is 0 Å². The lowest BCUT2D eigenvalue weighted by molar-refractivity contribution is 0.354. The van der Waals surface area contributed by atoms with Gasteiger partial charge in [-0.2, -0.15) is 5.26 Å². The molecular weight excluding hydrogens is 176 g/mol. The summed E-state index contributed by atoms with van der Waals surface area (Å²) in [6.07, 6.45) is 0.447. The second-order valence-electron chi connectivity index (χ2n) is 3.20. The van der Waals surface area contributed by atoms with Gasteiger partial charge in [0.1, 0.15) is 0 Å². The summed E-state index contributed by atoms with van der Waals surface area (Å²) in [5.74, 6) is 0. The zero-order valence-electron chi connectivity index (χ0n) is 8.04. The number of aliphatic hydroxyl groups excluding tert-OH is 1. The van der Waals surface area contributed by atoms with Crippen LogP contribution in [0.3, 0.4) is 0 Å². The Balaban J connectivity index is 2.88. The van der Waals surface area contributed by atoms with Crippen LogP contribution in [0.4, 0.5) is 0 Å². The lowest BCUT2D eigenvalue weighted by Crippen LogP contribution is -2.06. The Labute approximate surface area is 83.1 Å². The normalized spacial score (nSPS) is 9.50. The molecule has 14 heavy (non-hydrogen) atoms. The molecule has 0 aliphatic heterocycles. The number of nitrogens with zero attached hydrogens (tertiary/aromatic N) is 1. The molecule has 3 nitrogen and oxygen atoms in total. The SMILES string of the molecule is Cc1cc(CC(=N)CO)ccc1C#N. The largest absolute Gasteiger partial charge is 0.390 e. The fraction of sp³-hybridized carbons (Fsp3) is 0.273. The zero-order chi connectivity index (χ0) is 10.6. The van der Waals surface area contributed by atoms with Crippen molar-refractivity contribution < 1.29 is 5.11 Å². The van der Waals surface area contributed by atoms with E-state index in [0.717, 1.165) is 11.1 Å². The van der Waals surface area contributed by atoms with Crippen LogP contribution in [-0.4, -0.2) is 17.4 Å². The lowest BCUT2D eigenvalue weighted by atomic mass is 10.0. The summed E-state index contributed by atoms with van der Waals surface area (Å²) in [4.78, 5) is 0. The highest BCUT2D eigenvalue weighted by Crippen LogP contribution is 2.10. The van der Waals surface area contributed by atoms with Crippen LogP contribution < -0.4 is 0 Å². The van der Waals surface area contributed by atoms with Gasteiger partial charge in [-0.25, -0.2) is 0 Å². The van der Waals surface area contributed by atoms with Gasteiger partial charge in [0.05, 0.1) is 18.2 Å². The van der Waals surface area contributed by atoms with Crippen molar-refractivity contribution in [3.05, 3.63) is 34.9 Å². The average Bonchev–Trinajstić information content (AvgIpc) is 2.18. The number of aryl methyl sites for hydroxylation is 1. The highest BCUT2D eigenvalue weighted by Gasteiger charge is 2.01. The third-order valence-electron chi connectivity index (χ3n) is 2.02. The van der Waals surface area contributed by atoms with Crippen LogP contribution in [0.25, 0.3) is 0 Å². The minimum atomic E-state index is -0.209. The Bertz CT molecular complexity index is 391. The van der Waals surface area contributed by atoms with Crippen LogP contribution in [0.2, 0.25) is 0 Å². The quantitative estimate of drug-likeness (QED) is 0.704. The third-order valence-corrected chi connectivity index (χ3v) is 2.02. The Morgan fingerprint density at radius 3 is 2.79 bits per heavy atom. The van der Waals surface area contributed by atoms with E-state index < -0.39 is 0 Å². The van der Waals surface area contributed by atoms with Crippen molar-refractivity contribution in [3.8, 4) is 6.07 Å². The van der Waals surface area contributed by atoms with Crippen LogP contribution >= 0.6 is 0 Å². The summed E-state index contributed by atoms with van der Waals surface area (Å²) in [5.41, 5.74) is 2.81.